The summed E-state index contributed by atoms with van der Waals surface area (Å²) in [7, 11) is 0. The lowest BCUT2D eigenvalue weighted by Crippen LogP contribution is -2.29. The summed E-state index contributed by atoms with van der Waals surface area (Å²) >= 11 is 0. The van der Waals surface area contributed by atoms with Gasteiger partial charge in [0.1, 0.15) is 5.58 Å². The Balaban J connectivity index is 2.08. The molecule has 1 aromatic heterocycles. The molecule has 4 nitrogen and oxygen atoms in total. The maximum Gasteiger partial charge on any atom is 0.471 e. The van der Waals surface area contributed by atoms with Gasteiger partial charge in [0.05, 0.1) is 5.56 Å². The van der Waals surface area contributed by atoms with Gasteiger partial charge in [-0.15, -0.1) is 0 Å². The van der Waals surface area contributed by atoms with E-state index in [9.17, 15) is 22.8 Å². The van der Waals surface area contributed by atoms with Gasteiger partial charge in [0.2, 0.25) is 0 Å². The molecule has 0 saturated heterocycles. The maximum absolute atomic E-state index is 12.4. The zero-order valence-electron chi connectivity index (χ0n) is 13.0. The zero-order chi connectivity index (χ0) is 18.2. The van der Waals surface area contributed by atoms with Gasteiger partial charge in [-0.3, -0.25) is 4.79 Å². The first-order valence-electron chi connectivity index (χ1n) is 7.28. The van der Waals surface area contributed by atoms with Crippen molar-refractivity contribution in [3.05, 3.63) is 64.5 Å². The minimum Gasteiger partial charge on any atom is -0.422 e. The molecule has 0 fully saturated rings. The van der Waals surface area contributed by atoms with Crippen LogP contribution in [0.25, 0.3) is 22.1 Å². The van der Waals surface area contributed by atoms with E-state index in [-0.39, 0.29) is 11.3 Å². The number of amides is 1. The van der Waals surface area contributed by atoms with E-state index in [2.05, 4.69) is 0 Å². The molecule has 2 aromatic carbocycles. The van der Waals surface area contributed by atoms with Gasteiger partial charge in [0.15, 0.2) is 0 Å². The SMILES string of the molecule is Cc1ccc(NC(=O)C(F)(F)F)cc1-c1cc2ccccc2oc1=O. The molecule has 3 rings (SSSR count). The van der Waals surface area contributed by atoms with Gasteiger partial charge < -0.3 is 9.73 Å². The van der Waals surface area contributed by atoms with Crippen LogP contribution >= 0.6 is 0 Å². The Labute approximate surface area is 139 Å². The summed E-state index contributed by atoms with van der Waals surface area (Å²) < 4.78 is 42.5. The van der Waals surface area contributed by atoms with Gasteiger partial charge in [0, 0.05) is 11.1 Å². The second-order valence-corrected chi connectivity index (χ2v) is 5.47. The first kappa shape index (κ1) is 16.8. The van der Waals surface area contributed by atoms with Crippen LogP contribution in [0.2, 0.25) is 0 Å². The average Bonchev–Trinajstić information content (AvgIpc) is 2.55. The molecule has 0 aliphatic heterocycles. The zero-order valence-corrected chi connectivity index (χ0v) is 13.0. The van der Waals surface area contributed by atoms with Crippen LogP contribution < -0.4 is 10.9 Å². The molecule has 1 amide bonds. The number of anilines is 1. The fourth-order valence-corrected chi connectivity index (χ4v) is 2.44. The molecule has 0 unspecified atom stereocenters. The summed E-state index contributed by atoms with van der Waals surface area (Å²) in [6.07, 6.45) is -4.99. The van der Waals surface area contributed by atoms with Crippen LogP contribution in [0.15, 0.2) is 57.7 Å². The molecule has 0 saturated carbocycles. The molecule has 0 aliphatic rings. The Morgan fingerprint density at radius 1 is 1.04 bits per heavy atom. The van der Waals surface area contributed by atoms with E-state index in [1.165, 1.54) is 18.2 Å². The highest BCUT2D eigenvalue weighted by molar-refractivity contribution is 5.95. The van der Waals surface area contributed by atoms with Crippen molar-refractivity contribution >= 4 is 22.6 Å². The molecule has 3 aromatic rings. The predicted octanol–water partition coefficient (Wildman–Crippen LogP) is 4.27. The summed E-state index contributed by atoms with van der Waals surface area (Å²) in [5, 5.41) is 2.46. The summed E-state index contributed by atoms with van der Waals surface area (Å²) in [6, 6.07) is 12.7. The number of benzene rings is 2. The maximum atomic E-state index is 12.4. The number of para-hydroxylation sites is 1. The Morgan fingerprint density at radius 3 is 2.48 bits per heavy atom. The van der Waals surface area contributed by atoms with E-state index in [1.807, 2.05) is 0 Å². The third kappa shape index (κ3) is 3.40. The second-order valence-electron chi connectivity index (χ2n) is 5.47. The lowest BCUT2D eigenvalue weighted by atomic mass is 10.00. The predicted molar refractivity (Wildman–Crippen MR) is 87.3 cm³/mol. The number of alkyl halides is 3. The lowest BCUT2D eigenvalue weighted by molar-refractivity contribution is -0.167. The van der Waals surface area contributed by atoms with Crippen LogP contribution in [0.1, 0.15) is 5.56 Å². The summed E-state index contributed by atoms with van der Waals surface area (Å²) in [4.78, 5) is 23.3. The number of fused-ring (bicyclic) bond motifs is 1. The number of hydrogen-bond donors (Lipinski definition) is 1. The monoisotopic (exact) mass is 347 g/mol. The Bertz CT molecular complexity index is 1020. The minimum absolute atomic E-state index is 0.0597. The highest BCUT2D eigenvalue weighted by atomic mass is 19.4. The highest BCUT2D eigenvalue weighted by Crippen LogP contribution is 2.27. The van der Waals surface area contributed by atoms with Crippen molar-refractivity contribution in [2.75, 3.05) is 5.32 Å². The van der Waals surface area contributed by atoms with Crippen LogP contribution in [0.3, 0.4) is 0 Å². The Kier molecular flexibility index (Phi) is 4.08. The van der Waals surface area contributed by atoms with Gasteiger partial charge in [0.25, 0.3) is 0 Å². The van der Waals surface area contributed by atoms with Crippen LogP contribution in [-0.4, -0.2) is 12.1 Å². The van der Waals surface area contributed by atoms with E-state index in [4.69, 9.17) is 4.42 Å². The molecule has 0 atom stereocenters. The summed E-state index contributed by atoms with van der Waals surface area (Å²) in [5.41, 5.74) is 0.999. The van der Waals surface area contributed by atoms with Gasteiger partial charge in [-0.05, 0) is 42.3 Å². The third-order valence-corrected chi connectivity index (χ3v) is 3.68. The van der Waals surface area contributed by atoms with E-state index >= 15 is 0 Å². The highest BCUT2D eigenvalue weighted by Gasteiger charge is 2.38. The van der Waals surface area contributed by atoms with Crippen LogP contribution in [0.5, 0.6) is 0 Å². The van der Waals surface area contributed by atoms with Gasteiger partial charge in [-0.2, -0.15) is 13.2 Å². The van der Waals surface area contributed by atoms with E-state index in [1.54, 1.807) is 42.6 Å². The van der Waals surface area contributed by atoms with Crippen molar-refractivity contribution in [1.82, 2.24) is 0 Å². The largest absolute Gasteiger partial charge is 0.471 e. The molecule has 128 valence electrons. The minimum atomic E-state index is -4.99. The number of halogens is 3. The van der Waals surface area contributed by atoms with Crippen molar-refractivity contribution in [3.8, 4) is 11.1 Å². The number of rotatable bonds is 2. The van der Waals surface area contributed by atoms with Crippen LogP contribution in [0.4, 0.5) is 18.9 Å². The number of carbonyl (C=O) groups excluding carboxylic acids is 1. The molecular formula is C18H12F3NO3. The smallest absolute Gasteiger partial charge is 0.422 e. The number of aryl methyl sites for hydroxylation is 1. The number of carbonyl (C=O) groups is 1. The summed E-state index contributed by atoms with van der Waals surface area (Å²) in [5.74, 6) is -2.08. The molecule has 0 radical (unpaired) electrons. The molecule has 1 heterocycles. The van der Waals surface area contributed by atoms with Crippen LogP contribution in [0, 0.1) is 6.92 Å². The number of hydrogen-bond acceptors (Lipinski definition) is 3. The standard InChI is InChI=1S/C18H12F3NO3/c1-10-6-7-12(22-17(24)18(19,20)21)9-13(10)14-8-11-4-2-3-5-15(11)25-16(14)23/h2-9H,1H3,(H,22,24). The topological polar surface area (TPSA) is 59.3 Å². The first-order valence-corrected chi connectivity index (χ1v) is 7.28. The third-order valence-electron chi connectivity index (χ3n) is 3.68. The quantitative estimate of drug-likeness (QED) is 0.704. The van der Waals surface area contributed by atoms with Crippen molar-refractivity contribution in [2.24, 2.45) is 0 Å². The molecule has 0 aliphatic carbocycles. The fourth-order valence-electron chi connectivity index (χ4n) is 2.44. The molecule has 0 spiro atoms. The Morgan fingerprint density at radius 2 is 1.76 bits per heavy atom. The van der Waals surface area contributed by atoms with Crippen molar-refractivity contribution < 1.29 is 22.4 Å². The van der Waals surface area contributed by atoms with E-state index in [0.29, 0.717) is 22.1 Å². The van der Waals surface area contributed by atoms with E-state index < -0.39 is 17.7 Å². The molecule has 7 heteroatoms. The fraction of sp³-hybridized carbons (Fsp3) is 0.111. The molecule has 25 heavy (non-hydrogen) atoms. The molecule has 0 bridgehead atoms. The molecule has 1 N–H and O–H groups in total. The van der Waals surface area contributed by atoms with Crippen molar-refractivity contribution in [3.63, 3.8) is 0 Å². The second kappa shape index (κ2) is 6.08. The van der Waals surface area contributed by atoms with Crippen LogP contribution in [-0.2, 0) is 4.79 Å². The number of nitrogens with one attached hydrogen (secondary N) is 1. The van der Waals surface area contributed by atoms with E-state index in [0.717, 1.165) is 0 Å². The average molecular weight is 347 g/mol. The molecular weight excluding hydrogens is 335 g/mol. The normalized spacial score (nSPS) is 11.5. The van der Waals surface area contributed by atoms with Crippen molar-refractivity contribution in [1.29, 1.82) is 0 Å². The summed E-state index contributed by atoms with van der Waals surface area (Å²) in [6.45, 7) is 1.71. The van der Waals surface area contributed by atoms with Gasteiger partial charge in [-0.1, -0.05) is 24.3 Å². The lowest BCUT2D eigenvalue weighted by Gasteiger charge is -2.11. The van der Waals surface area contributed by atoms with Gasteiger partial charge in [-0.25, -0.2) is 4.79 Å². The van der Waals surface area contributed by atoms with Gasteiger partial charge >= 0.3 is 17.7 Å². The van der Waals surface area contributed by atoms with Crippen molar-refractivity contribution in [2.45, 2.75) is 13.1 Å². The first-order chi connectivity index (χ1) is 11.8. The Hall–Kier alpha value is -3.09.